The first kappa shape index (κ1) is 18.2. The lowest BCUT2D eigenvalue weighted by molar-refractivity contribution is 0.174. The largest absolute Gasteiger partial charge is 0.454 e. The van der Waals surface area contributed by atoms with Gasteiger partial charge in [0.05, 0.1) is 11.0 Å². The average molecular weight is 379 g/mol. The summed E-state index contributed by atoms with van der Waals surface area (Å²) in [7, 11) is 1.79. The van der Waals surface area contributed by atoms with Gasteiger partial charge in [-0.25, -0.2) is 4.98 Å². The third-order valence-corrected chi connectivity index (χ3v) is 4.84. The van der Waals surface area contributed by atoms with Crippen LogP contribution in [0.5, 0.6) is 11.5 Å². The number of ether oxygens (including phenoxy) is 2. The summed E-state index contributed by atoms with van der Waals surface area (Å²) in [4.78, 5) is 8.91. The lowest BCUT2D eigenvalue weighted by atomic mass is 10.1. The minimum absolute atomic E-state index is 0.305. The summed E-state index contributed by atoms with van der Waals surface area (Å²) in [5, 5.41) is 6.73. The van der Waals surface area contributed by atoms with Crippen molar-refractivity contribution in [1.29, 1.82) is 0 Å². The van der Waals surface area contributed by atoms with Crippen molar-refractivity contribution >= 4 is 17.0 Å². The Bertz CT molecular complexity index is 996. The fraction of sp³-hybridized carbons (Fsp3) is 0.333. The van der Waals surface area contributed by atoms with Crippen LogP contribution in [0.2, 0.25) is 0 Å². The second kappa shape index (κ2) is 8.21. The van der Waals surface area contributed by atoms with Crippen molar-refractivity contribution in [3.8, 4) is 11.5 Å². The Kier molecular flexibility index (Phi) is 5.32. The van der Waals surface area contributed by atoms with Crippen molar-refractivity contribution in [3.05, 3.63) is 53.9 Å². The summed E-state index contributed by atoms with van der Waals surface area (Å²) in [6.07, 6.45) is 0.878. The zero-order chi connectivity index (χ0) is 19.3. The number of fused-ring (bicyclic) bond motifs is 2. The molecule has 2 N–H and O–H groups in total. The Morgan fingerprint density at radius 2 is 1.93 bits per heavy atom. The SMILES string of the molecule is CN=C(NCCc1ccc2c(c1)OCO2)NCCn1c(C)nc2ccccc21. The molecule has 0 aliphatic carbocycles. The highest BCUT2D eigenvalue weighted by Crippen LogP contribution is 2.32. The quantitative estimate of drug-likeness (QED) is 0.509. The van der Waals surface area contributed by atoms with E-state index in [1.807, 2.05) is 37.3 Å². The summed E-state index contributed by atoms with van der Waals surface area (Å²) >= 11 is 0. The zero-order valence-electron chi connectivity index (χ0n) is 16.2. The van der Waals surface area contributed by atoms with Gasteiger partial charge in [0.2, 0.25) is 6.79 Å². The number of nitrogens with zero attached hydrogens (tertiary/aromatic N) is 3. The molecule has 4 rings (SSSR count). The molecule has 2 aromatic carbocycles. The van der Waals surface area contributed by atoms with Crippen LogP contribution in [0.25, 0.3) is 11.0 Å². The highest BCUT2D eigenvalue weighted by atomic mass is 16.7. The van der Waals surface area contributed by atoms with Crippen LogP contribution in [0.1, 0.15) is 11.4 Å². The van der Waals surface area contributed by atoms with E-state index >= 15 is 0 Å². The van der Waals surface area contributed by atoms with E-state index in [0.717, 1.165) is 60.4 Å². The first-order chi connectivity index (χ1) is 13.7. The second-order valence-electron chi connectivity index (χ2n) is 6.66. The van der Waals surface area contributed by atoms with Gasteiger partial charge in [-0.15, -0.1) is 0 Å². The number of hydrogen-bond acceptors (Lipinski definition) is 4. The van der Waals surface area contributed by atoms with Crippen LogP contribution >= 0.6 is 0 Å². The van der Waals surface area contributed by atoms with Crippen molar-refractivity contribution < 1.29 is 9.47 Å². The normalized spacial score (nSPS) is 13.1. The highest BCUT2D eigenvalue weighted by Gasteiger charge is 2.13. The number of nitrogens with one attached hydrogen (secondary N) is 2. The smallest absolute Gasteiger partial charge is 0.231 e. The molecule has 7 heteroatoms. The van der Waals surface area contributed by atoms with E-state index < -0.39 is 0 Å². The molecule has 3 aromatic rings. The molecule has 28 heavy (non-hydrogen) atoms. The predicted molar refractivity (Wildman–Crippen MR) is 110 cm³/mol. The maximum absolute atomic E-state index is 5.43. The van der Waals surface area contributed by atoms with E-state index in [1.165, 1.54) is 5.56 Å². The Labute approximate surface area is 164 Å². The monoisotopic (exact) mass is 379 g/mol. The Morgan fingerprint density at radius 3 is 2.82 bits per heavy atom. The number of aryl methyl sites for hydroxylation is 1. The van der Waals surface area contributed by atoms with Crippen LogP contribution in [-0.4, -0.2) is 42.4 Å². The lowest BCUT2D eigenvalue weighted by Crippen LogP contribution is -2.39. The summed E-state index contributed by atoms with van der Waals surface area (Å²) in [6.45, 7) is 4.73. The van der Waals surface area contributed by atoms with E-state index in [2.05, 4.69) is 37.3 Å². The van der Waals surface area contributed by atoms with Crippen LogP contribution in [0.15, 0.2) is 47.5 Å². The molecule has 1 aliphatic heterocycles. The number of aliphatic imine (C=N–C) groups is 1. The summed E-state index contributed by atoms with van der Waals surface area (Å²) in [5.74, 6) is 3.45. The molecule has 0 amide bonds. The third kappa shape index (κ3) is 3.88. The second-order valence-corrected chi connectivity index (χ2v) is 6.66. The first-order valence-corrected chi connectivity index (χ1v) is 9.49. The van der Waals surface area contributed by atoms with Gasteiger partial charge in [0.15, 0.2) is 17.5 Å². The number of rotatable bonds is 6. The van der Waals surface area contributed by atoms with Crippen LogP contribution in [0.3, 0.4) is 0 Å². The minimum atomic E-state index is 0.305. The molecule has 0 atom stereocenters. The van der Waals surface area contributed by atoms with Crippen molar-refractivity contribution in [1.82, 2.24) is 20.2 Å². The van der Waals surface area contributed by atoms with Gasteiger partial charge in [-0.1, -0.05) is 18.2 Å². The molecule has 0 fully saturated rings. The van der Waals surface area contributed by atoms with Crippen LogP contribution in [0.4, 0.5) is 0 Å². The van der Waals surface area contributed by atoms with Crippen molar-refractivity contribution in [2.45, 2.75) is 19.9 Å². The molecule has 2 heterocycles. The number of aromatic nitrogens is 2. The van der Waals surface area contributed by atoms with E-state index in [9.17, 15) is 0 Å². The average Bonchev–Trinajstić information content (AvgIpc) is 3.30. The molecule has 0 saturated carbocycles. The van der Waals surface area contributed by atoms with Gasteiger partial charge < -0.3 is 24.7 Å². The maximum atomic E-state index is 5.43. The van der Waals surface area contributed by atoms with Crippen LogP contribution in [0, 0.1) is 6.92 Å². The number of imidazole rings is 1. The predicted octanol–water partition coefficient (Wildman–Crippen LogP) is 2.48. The molecule has 0 spiro atoms. The Balaban J connectivity index is 1.26. The van der Waals surface area contributed by atoms with E-state index in [-0.39, 0.29) is 0 Å². The van der Waals surface area contributed by atoms with Gasteiger partial charge in [-0.2, -0.15) is 0 Å². The maximum Gasteiger partial charge on any atom is 0.231 e. The van der Waals surface area contributed by atoms with Gasteiger partial charge in [0.1, 0.15) is 5.82 Å². The molecule has 146 valence electrons. The molecular weight excluding hydrogens is 354 g/mol. The topological polar surface area (TPSA) is 72.7 Å². The molecule has 1 aliphatic rings. The van der Waals surface area contributed by atoms with Crippen molar-refractivity contribution in [2.75, 3.05) is 26.9 Å². The summed E-state index contributed by atoms with van der Waals surface area (Å²) in [5.41, 5.74) is 3.39. The number of benzene rings is 2. The molecule has 0 bridgehead atoms. The molecule has 7 nitrogen and oxygen atoms in total. The van der Waals surface area contributed by atoms with Crippen LogP contribution < -0.4 is 20.1 Å². The molecule has 1 aromatic heterocycles. The van der Waals surface area contributed by atoms with Gasteiger partial charge in [-0.3, -0.25) is 4.99 Å². The fourth-order valence-corrected chi connectivity index (χ4v) is 3.41. The van der Waals surface area contributed by atoms with Crippen molar-refractivity contribution in [2.24, 2.45) is 4.99 Å². The van der Waals surface area contributed by atoms with Gasteiger partial charge in [0, 0.05) is 26.7 Å². The number of hydrogen-bond donors (Lipinski definition) is 2. The fourth-order valence-electron chi connectivity index (χ4n) is 3.41. The third-order valence-electron chi connectivity index (χ3n) is 4.84. The standard InChI is InChI=1S/C21H25N5O2/c1-15-25-17-5-3-4-6-18(17)26(15)12-11-24-21(22-2)23-10-9-16-7-8-19-20(13-16)28-14-27-19/h3-8,13H,9-12,14H2,1-2H3,(H2,22,23,24). The van der Waals surface area contributed by atoms with Gasteiger partial charge in [-0.05, 0) is 43.2 Å². The zero-order valence-corrected chi connectivity index (χ0v) is 16.2. The molecular formula is C21H25N5O2. The first-order valence-electron chi connectivity index (χ1n) is 9.49. The lowest BCUT2D eigenvalue weighted by Gasteiger charge is -2.13. The Morgan fingerprint density at radius 1 is 1.11 bits per heavy atom. The number of para-hydroxylation sites is 2. The molecule has 0 saturated heterocycles. The van der Waals surface area contributed by atoms with Crippen molar-refractivity contribution in [3.63, 3.8) is 0 Å². The van der Waals surface area contributed by atoms with E-state index in [0.29, 0.717) is 6.79 Å². The molecule has 0 unspecified atom stereocenters. The van der Waals surface area contributed by atoms with E-state index in [4.69, 9.17) is 9.47 Å². The summed E-state index contributed by atoms with van der Waals surface area (Å²) in [6, 6.07) is 14.3. The molecule has 0 radical (unpaired) electrons. The van der Waals surface area contributed by atoms with E-state index in [1.54, 1.807) is 7.05 Å². The van der Waals surface area contributed by atoms with Gasteiger partial charge in [0.25, 0.3) is 0 Å². The van der Waals surface area contributed by atoms with Gasteiger partial charge >= 0.3 is 0 Å². The van der Waals surface area contributed by atoms with Crippen LogP contribution in [-0.2, 0) is 13.0 Å². The summed E-state index contributed by atoms with van der Waals surface area (Å²) < 4.78 is 13.0. The Hall–Kier alpha value is -3.22. The number of guanidine groups is 1. The highest BCUT2D eigenvalue weighted by molar-refractivity contribution is 5.79. The minimum Gasteiger partial charge on any atom is -0.454 e.